The van der Waals surface area contributed by atoms with Gasteiger partial charge in [-0.05, 0) is 50.3 Å². The molecule has 2 aliphatic rings. The summed E-state index contributed by atoms with van der Waals surface area (Å²) < 4.78 is 7.54. The van der Waals surface area contributed by atoms with Crippen LogP contribution in [0, 0.1) is 12.8 Å². The summed E-state index contributed by atoms with van der Waals surface area (Å²) in [4.78, 5) is 20.1. The molecule has 1 aliphatic carbocycles. The number of rotatable bonds is 5. The lowest BCUT2D eigenvalue weighted by Crippen LogP contribution is -2.37. The predicted octanol–water partition coefficient (Wildman–Crippen LogP) is 4.49. The highest BCUT2D eigenvalue weighted by molar-refractivity contribution is 5.79. The second-order valence-corrected chi connectivity index (χ2v) is 8.22. The molecule has 28 heavy (non-hydrogen) atoms. The van der Waals surface area contributed by atoms with Crippen molar-refractivity contribution < 1.29 is 9.53 Å². The zero-order chi connectivity index (χ0) is 19.5. The highest BCUT2D eigenvalue weighted by Crippen LogP contribution is 2.36. The third kappa shape index (κ3) is 3.80. The number of nitrogens with zero attached hydrogens (tertiary/aromatic N) is 3. The molecular formula is C23H31N3O2. The first kappa shape index (κ1) is 19.0. The normalized spacial score (nSPS) is 20.5. The zero-order valence-corrected chi connectivity index (χ0v) is 17.1. The molecular weight excluding hydrogens is 350 g/mol. The second kappa shape index (κ2) is 8.38. The number of hydrogen-bond donors (Lipinski definition) is 0. The van der Waals surface area contributed by atoms with E-state index in [2.05, 4.69) is 28.5 Å². The summed E-state index contributed by atoms with van der Waals surface area (Å²) in [5.74, 6) is 2.49. The molecule has 1 aromatic heterocycles. The van der Waals surface area contributed by atoms with Gasteiger partial charge in [0.1, 0.15) is 11.6 Å². The van der Waals surface area contributed by atoms with Gasteiger partial charge in [-0.3, -0.25) is 4.79 Å². The largest absolute Gasteiger partial charge is 0.497 e. The number of aromatic nitrogens is 2. The van der Waals surface area contributed by atoms with Crippen molar-refractivity contribution in [2.75, 3.05) is 13.7 Å². The molecule has 150 valence electrons. The van der Waals surface area contributed by atoms with Gasteiger partial charge in [0.2, 0.25) is 5.91 Å². The van der Waals surface area contributed by atoms with E-state index < -0.39 is 0 Å². The molecule has 1 atom stereocenters. The lowest BCUT2D eigenvalue weighted by molar-refractivity contribution is -0.137. The summed E-state index contributed by atoms with van der Waals surface area (Å²) in [6, 6.07) is 8.30. The third-order valence-electron chi connectivity index (χ3n) is 6.37. The maximum absolute atomic E-state index is 13.2. The van der Waals surface area contributed by atoms with E-state index in [0.29, 0.717) is 5.91 Å². The van der Waals surface area contributed by atoms with Crippen molar-refractivity contribution >= 4 is 5.91 Å². The molecule has 1 unspecified atom stereocenters. The fourth-order valence-corrected chi connectivity index (χ4v) is 4.75. The number of methoxy groups -OCH3 is 1. The molecule has 1 saturated carbocycles. The molecule has 1 amide bonds. The topological polar surface area (TPSA) is 47.4 Å². The summed E-state index contributed by atoms with van der Waals surface area (Å²) in [5.41, 5.74) is 2.36. The number of amides is 1. The maximum atomic E-state index is 13.2. The van der Waals surface area contributed by atoms with Crippen LogP contribution in [0.4, 0.5) is 0 Å². The van der Waals surface area contributed by atoms with E-state index in [9.17, 15) is 4.79 Å². The van der Waals surface area contributed by atoms with Gasteiger partial charge >= 0.3 is 0 Å². The van der Waals surface area contributed by atoms with Crippen LogP contribution in [0.2, 0.25) is 0 Å². The van der Waals surface area contributed by atoms with Crippen LogP contribution in [0.25, 0.3) is 0 Å². The van der Waals surface area contributed by atoms with Gasteiger partial charge in [-0.15, -0.1) is 0 Å². The molecule has 4 rings (SSSR count). The van der Waals surface area contributed by atoms with Crippen molar-refractivity contribution in [2.24, 2.45) is 5.92 Å². The van der Waals surface area contributed by atoms with E-state index >= 15 is 0 Å². The minimum Gasteiger partial charge on any atom is -0.497 e. The van der Waals surface area contributed by atoms with Crippen LogP contribution in [0.15, 0.2) is 30.5 Å². The van der Waals surface area contributed by atoms with E-state index in [0.717, 1.165) is 56.0 Å². The summed E-state index contributed by atoms with van der Waals surface area (Å²) in [7, 11) is 1.69. The lowest BCUT2D eigenvalue weighted by atomic mass is 9.88. The minimum atomic E-state index is 0.112. The monoisotopic (exact) mass is 381 g/mol. The van der Waals surface area contributed by atoms with Crippen LogP contribution >= 0.6 is 0 Å². The average molecular weight is 382 g/mol. The Hall–Kier alpha value is -2.30. The molecule has 2 heterocycles. The van der Waals surface area contributed by atoms with Gasteiger partial charge in [0.15, 0.2) is 0 Å². The predicted molar refractivity (Wildman–Crippen MR) is 109 cm³/mol. The van der Waals surface area contributed by atoms with Crippen molar-refractivity contribution in [1.29, 1.82) is 0 Å². The van der Waals surface area contributed by atoms with Crippen molar-refractivity contribution in [2.45, 2.75) is 64.5 Å². The summed E-state index contributed by atoms with van der Waals surface area (Å²) in [6.45, 7) is 3.74. The average Bonchev–Trinajstić information content (AvgIpc) is 3.36. The molecule has 5 heteroatoms. The molecule has 0 bridgehead atoms. The van der Waals surface area contributed by atoms with Crippen molar-refractivity contribution in [3.63, 3.8) is 0 Å². The molecule has 1 saturated heterocycles. The Bertz CT molecular complexity index is 806. The summed E-state index contributed by atoms with van der Waals surface area (Å²) >= 11 is 0. The summed E-state index contributed by atoms with van der Waals surface area (Å²) in [6.07, 6.45) is 9.80. The van der Waals surface area contributed by atoms with E-state index in [1.165, 1.54) is 24.8 Å². The fourth-order valence-electron chi connectivity index (χ4n) is 4.75. The molecule has 2 fully saturated rings. The van der Waals surface area contributed by atoms with Crippen molar-refractivity contribution in [3.05, 3.63) is 47.5 Å². The zero-order valence-electron chi connectivity index (χ0n) is 17.1. The molecule has 0 spiro atoms. The Morgan fingerprint density at radius 2 is 1.86 bits per heavy atom. The Morgan fingerprint density at radius 1 is 1.11 bits per heavy atom. The maximum Gasteiger partial charge on any atom is 0.226 e. The second-order valence-electron chi connectivity index (χ2n) is 8.22. The summed E-state index contributed by atoms with van der Waals surface area (Å²) in [5, 5.41) is 0. The molecule has 0 N–H and O–H groups in total. The molecule has 0 radical (unpaired) electrons. The van der Waals surface area contributed by atoms with Crippen molar-refractivity contribution in [1.82, 2.24) is 14.5 Å². The number of imidazole rings is 1. The number of carbonyl (C=O) groups excluding carboxylic acids is 1. The number of carbonyl (C=O) groups is 1. The first-order valence-electron chi connectivity index (χ1n) is 10.6. The number of likely N-dealkylation sites (tertiary alicyclic amines) is 1. The molecule has 5 nitrogen and oxygen atoms in total. The fraction of sp³-hybridized carbons (Fsp3) is 0.565. The van der Waals surface area contributed by atoms with Gasteiger partial charge in [-0.2, -0.15) is 0 Å². The number of benzene rings is 1. The van der Waals surface area contributed by atoms with Crippen LogP contribution in [0.1, 0.15) is 68.1 Å². The van der Waals surface area contributed by atoms with Gasteiger partial charge < -0.3 is 14.2 Å². The minimum absolute atomic E-state index is 0.112. The van der Waals surface area contributed by atoms with E-state index in [1.54, 1.807) is 7.11 Å². The van der Waals surface area contributed by atoms with E-state index in [1.807, 2.05) is 18.3 Å². The van der Waals surface area contributed by atoms with Gasteiger partial charge in [0, 0.05) is 30.9 Å². The van der Waals surface area contributed by atoms with E-state index in [4.69, 9.17) is 9.72 Å². The van der Waals surface area contributed by atoms with E-state index in [-0.39, 0.29) is 12.0 Å². The lowest BCUT2D eigenvalue weighted by Gasteiger charge is -2.30. The van der Waals surface area contributed by atoms with Crippen LogP contribution in [-0.4, -0.2) is 34.0 Å². The van der Waals surface area contributed by atoms with Crippen LogP contribution in [-0.2, 0) is 11.3 Å². The van der Waals surface area contributed by atoms with Crippen molar-refractivity contribution in [3.8, 4) is 5.75 Å². The smallest absolute Gasteiger partial charge is 0.226 e. The highest BCUT2D eigenvalue weighted by Gasteiger charge is 2.36. The van der Waals surface area contributed by atoms with Crippen LogP contribution in [0.3, 0.4) is 0 Å². The van der Waals surface area contributed by atoms with Crippen LogP contribution < -0.4 is 4.74 Å². The van der Waals surface area contributed by atoms with Gasteiger partial charge in [-0.1, -0.05) is 31.4 Å². The first-order valence-corrected chi connectivity index (χ1v) is 10.6. The number of aryl methyl sites for hydroxylation is 1. The Morgan fingerprint density at radius 3 is 2.57 bits per heavy atom. The van der Waals surface area contributed by atoms with Gasteiger partial charge in [0.05, 0.1) is 13.2 Å². The van der Waals surface area contributed by atoms with Gasteiger partial charge in [-0.25, -0.2) is 4.98 Å². The Kier molecular flexibility index (Phi) is 5.69. The Labute approximate surface area is 167 Å². The quantitative estimate of drug-likeness (QED) is 0.766. The number of hydrogen-bond acceptors (Lipinski definition) is 3. The standard InChI is InChI=1S/C23H31N3O2/c1-17-15-24-22(26(17)16-18-10-12-20(28-2)13-11-18)21-9-6-14-25(21)23(27)19-7-4-3-5-8-19/h10-13,15,19,21H,3-9,14,16H2,1-2H3. The van der Waals surface area contributed by atoms with Crippen LogP contribution in [0.5, 0.6) is 5.75 Å². The Balaban J connectivity index is 1.55. The first-order chi connectivity index (χ1) is 13.7. The number of ether oxygens (including phenoxy) is 1. The van der Waals surface area contributed by atoms with Gasteiger partial charge in [0.25, 0.3) is 0 Å². The molecule has 1 aliphatic heterocycles. The molecule has 1 aromatic carbocycles. The third-order valence-corrected chi connectivity index (χ3v) is 6.37. The SMILES string of the molecule is COc1ccc(Cn2c(C)cnc2C2CCCN2C(=O)C2CCCCC2)cc1. The highest BCUT2D eigenvalue weighted by atomic mass is 16.5. The molecule has 2 aromatic rings.